The number of piperazine rings is 1. The molecule has 0 spiro atoms. The summed E-state index contributed by atoms with van der Waals surface area (Å²) in [6, 6.07) is 13.1. The van der Waals surface area contributed by atoms with E-state index in [9.17, 15) is 13.2 Å². The smallest absolute Gasteiger partial charge is 0.257 e. The monoisotopic (exact) mass is 398 g/mol. The Bertz CT molecular complexity index is 1120. The molecule has 0 saturated carbocycles. The highest BCUT2D eigenvalue weighted by Gasteiger charge is 2.30. The molecule has 3 heterocycles. The number of amides is 1. The average molecular weight is 398 g/mol. The van der Waals surface area contributed by atoms with Crippen molar-refractivity contribution in [3.8, 4) is 0 Å². The van der Waals surface area contributed by atoms with Crippen LogP contribution < -0.4 is 0 Å². The molecule has 1 aliphatic rings. The van der Waals surface area contributed by atoms with Crippen molar-refractivity contribution in [2.45, 2.75) is 12.7 Å². The van der Waals surface area contributed by atoms with E-state index in [1.165, 1.54) is 4.31 Å². The first-order valence-corrected chi connectivity index (χ1v) is 10.8. The van der Waals surface area contributed by atoms with Crippen LogP contribution in [-0.2, 0) is 15.8 Å². The number of carbonyl (C=O) groups is 1. The van der Waals surface area contributed by atoms with Gasteiger partial charge in [0, 0.05) is 32.4 Å². The molecule has 0 N–H and O–H groups in total. The number of hydrogen-bond acceptors (Lipinski definition) is 4. The topological polar surface area (TPSA) is 75.0 Å². The Morgan fingerprint density at radius 2 is 1.86 bits per heavy atom. The van der Waals surface area contributed by atoms with E-state index in [0.29, 0.717) is 31.7 Å². The molecule has 1 saturated heterocycles. The number of sulfonamides is 1. The van der Waals surface area contributed by atoms with Gasteiger partial charge in [-0.2, -0.15) is 9.40 Å². The van der Waals surface area contributed by atoms with E-state index in [1.54, 1.807) is 21.8 Å². The van der Waals surface area contributed by atoms with Crippen LogP contribution in [0.5, 0.6) is 0 Å². The van der Waals surface area contributed by atoms with Gasteiger partial charge in [-0.3, -0.25) is 4.79 Å². The van der Waals surface area contributed by atoms with E-state index in [1.807, 2.05) is 49.4 Å². The predicted octanol–water partition coefficient (Wildman–Crippen LogP) is 1.93. The molecule has 0 aliphatic carbocycles. The number of aromatic nitrogens is 2. The molecule has 7 nitrogen and oxygen atoms in total. The van der Waals surface area contributed by atoms with Crippen LogP contribution in [0.15, 0.2) is 54.9 Å². The minimum absolute atomic E-state index is 0.0172. The highest BCUT2D eigenvalue weighted by molar-refractivity contribution is 7.88. The van der Waals surface area contributed by atoms with Gasteiger partial charge in [-0.15, -0.1) is 0 Å². The van der Waals surface area contributed by atoms with Crippen molar-refractivity contribution in [1.29, 1.82) is 0 Å². The van der Waals surface area contributed by atoms with Crippen LogP contribution in [0.4, 0.5) is 0 Å². The normalized spacial score (nSPS) is 15.8. The molecule has 2 aromatic heterocycles. The van der Waals surface area contributed by atoms with Gasteiger partial charge in [0.1, 0.15) is 0 Å². The number of hydrogen-bond donors (Lipinski definition) is 0. The van der Waals surface area contributed by atoms with Crippen LogP contribution in [0.1, 0.15) is 21.5 Å². The zero-order valence-corrected chi connectivity index (χ0v) is 16.5. The fourth-order valence-electron chi connectivity index (χ4n) is 3.54. The van der Waals surface area contributed by atoms with Gasteiger partial charge < -0.3 is 4.90 Å². The van der Waals surface area contributed by atoms with Crippen molar-refractivity contribution < 1.29 is 13.2 Å². The zero-order valence-electron chi connectivity index (χ0n) is 15.7. The molecule has 0 unspecified atom stereocenters. The van der Waals surface area contributed by atoms with Crippen molar-refractivity contribution in [3.05, 3.63) is 71.5 Å². The average Bonchev–Trinajstić information content (AvgIpc) is 3.11. The number of nitrogens with zero attached hydrogens (tertiary/aromatic N) is 4. The minimum atomic E-state index is -3.41. The number of rotatable bonds is 4. The Kier molecular flexibility index (Phi) is 4.91. The Balaban J connectivity index is 1.43. The summed E-state index contributed by atoms with van der Waals surface area (Å²) in [5, 5.41) is 4.21. The fraction of sp³-hybridized carbons (Fsp3) is 0.300. The van der Waals surface area contributed by atoms with Crippen molar-refractivity contribution >= 4 is 21.4 Å². The molecular weight excluding hydrogens is 376 g/mol. The lowest BCUT2D eigenvalue weighted by Gasteiger charge is -2.34. The Hall–Kier alpha value is -2.71. The van der Waals surface area contributed by atoms with Gasteiger partial charge in [0.25, 0.3) is 5.91 Å². The van der Waals surface area contributed by atoms with Crippen LogP contribution in [0.3, 0.4) is 0 Å². The maximum Gasteiger partial charge on any atom is 0.257 e. The number of carbonyl (C=O) groups excluding carboxylic acids is 1. The lowest BCUT2D eigenvalue weighted by molar-refractivity contribution is 0.0699. The van der Waals surface area contributed by atoms with Crippen LogP contribution >= 0.6 is 0 Å². The Labute approximate surface area is 164 Å². The van der Waals surface area contributed by atoms with Crippen LogP contribution in [0.25, 0.3) is 5.52 Å². The highest BCUT2D eigenvalue weighted by Crippen LogP contribution is 2.18. The molecular formula is C20H22N4O3S. The van der Waals surface area contributed by atoms with Crippen LogP contribution in [0.2, 0.25) is 0 Å². The number of benzene rings is 1. The summed E-state index contributed by atoms with van der Waals surface area (Å²) >= 11 is 0. The maximum absolute atomic E-state index is 12.9. The third kappa shape index (κ3) is 3.65. The summed E-state index contributed by atoms with van der Waals surface area (Å²) in [5.74, 6) is -0.131. The Morgan fingerprint density at radius 3 is 2.61 bits per heavy atom. The fourth-order valence-corrected chi connectivity index (χ4v) is 5.05. The number of fused-ring (bicyclic) bond motifs is 1. The highest BCUT2D eigenvalue weighted by atomic mass is 32.2. The van der Waals surface area contributed by atoms with Crippen LogP contribution in [0, 0.1) is 6.92 Å². The third-order valence-corrected chi connectivity index (χ3v) is 6.86. The lowest BCUT2D eigenvalue weighted by Crippen LogP contribution is -2.50. The van der Waals surface area contributed by atoms with Crippen molar-refractivity contribution in [1.82, 2.24) is 18.8 Å². The van der Waals surface area contributed by atoms with Gasteiger partial charge in [-0.05, 0) is 24.6 Å². The molecule has 1 aromatic carbocycles. The summed E-state index contributed by atoms with van der Waals surface area (Å²) in [7, 11) is -3.41. The summed E-state index contributed by atoms with van der Waals surface area (Å²) in [6.45, 7) is 3.30. The van der Waals surface area contributed by atoms with E-state index in [2.05, 4.69) is 5.10 Å². The zero-order chi connectivity index (χ0) is 19.7. The van der Waals surface area contributed by atoms with E-state index in [4.69, 9.17) is 0 Å². The van der Waals surface area contributed by atoms with Crippen molar-refractivity contribution in [3.63, 3.8) is 0 Å². The summed E-state index contributed by atoms with van der Waals surface area (Å²) in [6.07, 6.45) is 3.36. The molecule has 8 heteroatoms. The van der Waals surface area contributed by atoms with E-state index in [0.717, 1.165) is 16.6 Å². The molecule has 1 aliphatic heterocycles. The van der Waals surface area contributed by atoms with Gasteiger partial charge in [0.15, 0.2) is 0 Å². The van der Waals surface area contributed by atoms with Crippen molar-refractivity contribution in [2.75, 3.05) is 26.2 Å². The van der Waals surface area contributed by atoms with Crippen LogP contribution in [-0.4, -0.2) is 59.3 Å². The van der Waals surface area contributed by atoms with Gasteiger partial charge >= 0.3 is 0 Å². The van der Waals surface area contributed by atoms with Gasteiger partial charge in [-0.1, -0.05) is 35.9 Å². The number of pyridine rings is 1. The molecule has 0 bridgehead atoms. The van der Waals surface area contributed by atoms with Crippen molar-refractivity contribution in [2.24, 2.45) is 0 Å². The molecule has 1 amide bonds. The first kappa shape index (κ1) is 18.6. The lowest BCUT2D eigenvalue weighted by atomic mass is 10.2. The van der Waals surface area contributed by atoms with E-state index < -0.39 is 10.0 Å². The van der Waals surface area contributed by atoms with Gasteiger partial charge in [-0.25, -0.2) is 12.9 Å². The molecule has 28 heavy (non-hydrogen) atoms. The number of aryl methyl sites for hydroxylation is 1. The molecule has 0 atom stereocenters. The maximum atomic E-state index is 12.9. The molecule has 4 rings (SSSR count). The first-order chi connectivity index (χ1) is 13.4. The van der Waals surface area contributed by atoms with E-state index in [-0.39, 0.29) is 11.7 Å². The summed E-state index contributed by atoms with van der Waals surface area (Å²) in [5.41, 5.74) is 3.11. The first-order valence-electron chi connectivity index (χ1n) is 9.19. The SMILES string of the molecule is Cc1cccc(CS(=O)(=O)N2CCN(C(=O)c3cnn4ccccc34)CC2)c1. The molecule has 0 radical (unpaired) electrons. The molecule has 146 valence electrons. The van der Waals surface area contributed by atoms with Gasteiger partial charge in [0.05, 0.1) is 23.0 Å². The standard InChI is InChI=1S/C20H22N4O3S/c1-16-5-4-6-17(13-16)15-28(26,27)23-11-9-22(10-12-23)20(25)18-14-21-24-8-3-2-7-19(18)24/h2-8,13-14H,9-12,15H2,1H3. The minimum Gasteiger partial charge on any atom is -0.336 e. The summed E-state index contributed by atoms with van der Waals surface area (Å²) < 4.78 is 28.7. The summed E-state index contributed by atoms with van der Waals surface area (Å²) in [4.78, 5) is 14.6. The largest absolute Gasteiger partial charge is 0.336 e. The second-order valence-electron chi connectivity index (χ2n) is 7.03. The third-order valence-electron chi connectivity index (χ3n) is 5.01. The second kappa shape index (κ2) is 7.37. The second-order valence-corrected chi connectivity index (χ2v) is 8.99. The predicted molar refractivity (Wildman–Crippen MR) is 106 cm³/mol. The quantitative estimate of drug-likeness (QED) is 0.673. The molecule has 3 aromatic rings. The Morgan fingerprint density at radius 1 is 1.07 bits per heavy atom. The molecule has 1 fully saturated rings. The van der Waals surface area contributed by atoms with Gasteiger partial charge in [0.2, 0.25) is 10.0 Å². The van der Waals surface area contributed by atoms with E-state index >= 15 is 0 Å².